The van der Waals surface area contributed by atoms with Crippen molar-refractivity contribution >= 4 is 23.9 Å². The van der Waals surface area contributed by atoms with Crippen molar-refractivity contribution in [3.63, 3.8) is 0 Å². The van der Waals surface area contributed by atoms with E-state index in [-0.39, 0.29) is 5.97 Å². The molecular formula is C60H72O10. The Bertz CT molecular complexity index is 2280. The van der Waals surface area contributed by atoms with Crippen LogP contribution < -0.4 is 23.7 Å². The molecule has 0 aromatic heterocycles. The van der Waals surface area contributed by atoms with Crippen LogP contribution in [-0.4, -0.2) is 43.7 Å². The van der Waals surface area contributed by atoms with Crippen LogP contribution in [-0.2, 0) is 9.53 Å². The summed E-state index contributed by atoms with van der Waals surface area (Å²) in [5.41, 5.74) is 2.90. The van der Waals surface area contributed by atoms with Gasteiger partial charge in [0.1, 0.15) is 28.7 Å². The van der Waals surface area contributed by atoms with Gasteiger partial charge in [0.25, 0.3) is 0 Å². The summed E-state index contributed by atoms with van der Waals surface area (Å²) in [7, 11) is 0. The molecule has 0 saturated carbocycles. The molecule has 0 spiro atoms. The zero-order chi connectivity index (χ0) is 49.4. The van der Waals surface area contributed by atoms with Gasteiger partial charge in [0, 0.05) is 6.08 Å². The predicted octanol–water partition coefficient (Wildman–Crippen LogP) is 15.3. The second kappa shape index (κ2) is 32.2. The van der Waals surface area contributed by atoms with Crippen molar-refractivity contribution in [2.45, 2.75) is 135 Å². The summed E-state index contributed by atoms with van der Waals surface area (Å²) in [5, 5.41) is 0. The summed E-state index contributed by atoms with van der Waals surface area (Å²) < 4.78 is 33.5. The first kappa shape index (κ1) is 54.3. The molecule has 0 N–H and O–H groups in total. The number of hydrogen-bond donors (Lipinski definition) is 0. The smallest absolute Gasteiger partial charge is 0.343 e. The average molecular weight is 953 g/mol. The van der Waals surface area contributed by atoms with Gasteiger partial charge in [-0.2, -0.15) is 0 Å². The van der Waals surface area contributed by atoms with Crippen LogP contribution in [0.2, 0.25) is 0 Å². The maximum Gasteiger partial charge on any atom is 0.343 e. The minimum atomic E-state index is -0.548. The molecule has 0 saturated heterocycles. The summed E-state index contributed by atoms with van der Waals surface area (Å²) in [4.78, 5) is 49.7. The number of rotatable bonds is 34. The number of benzene rings is 5. The van der Waals surface area contributed by atoms with Gasteiger partial charge in [0.2, 0.25) is 0 Å². The average Bonchev–Trinajstić information content (AvgIpc) is 3.39. The van der Waals surface area contributed by atoms with E-state index in [0.29, 0.717) is 59.5 Å². The van der Waals surface area contributed by atoms with Gasteiger partial charge in [-0.25, -0.2) is 19.2 Å². The van der Waals surface area contributed by atoms with Crippen LogP contribution in [0, 0.1) is 0 Å². The van der Waals surface area contributed by atoms with E-state index in [1.807, 2.05) is 24.3 Å². The van der Waals surface area contributed by atoms with Gasteiger partial charge in [-0.1, -0.05) is 147 Å². The molecule has 0 aliphatic heterocycles. The van der Waals surface area contributed by atoms with Gasteiger partial charge >= 0.3 is 23.9 Å². The topological polar surface area (TPSA) is 124 Å². The van der Waals surface area contributed by atoms with E-state index in [4.69, 9.17) is 28.4 Å². The van der Waals surface area contributed by atoms with Crippen LogP contribution in [0.15, 0.2) is 134 Å². The maximum atomic E-state index is 12.9. The van der Waals surface area contributed by atoms with Gasteiger partial charge < -0.3 is 28.4 Å². The van der Waals surface area contributed by atoms with Crippen LogP contribution in [0.25, 0.3) is 11.1 Å². The van der Waals surface area contributed by atoms with Crippen LogP contribution in [0.1, 0.15) is 166 Å². The first-order chi connectivity index (χ1) is 34.3. The van der Waals surface area contributed by atoms with E-state index in [1.54, 1.807) is 97.1 Å². The molecule has 0 heterocycles. The molecule has 0 fully saturated rings. The molecule has 0 atom stereocenters. The summed E-state index contributed by atoms with van der Waals surface area (Å²) in [6.45, 7) is 7.40. The molecule has 372 valence electrons. The fourth-order valence-electron chi connectivity index (χ4n) is 7.78. The van der Waals surface area contributed by atoms with Gasteiger partial charge in [-0.15, -0.1) is 0 Å². The van der Waals surface area contributed by atoms with Crippen LogP contribution in [0.4, 0.5) is 0 Å². The fraction of sp³-hybridized carbons (Fsp3) is 0.400. The van der Waals surface area contributed by atoms with Crippen LogP contribution in [0.5, 0.6) is 28.7 Å². The summed E-state index contributed by atoms with van der Waals surface area (Å²) >= 11 is 0. The lowest BCUT2D eigenvalue weighted by molar-refractivity contribution is -0.137. The van der Waals surface area contributed by atoms with Gasteiger partial charge in [-0.3, -0.25) is 0 Å². The molecular weight excluding hydrogens is 881 g/mol. The van der Waals surface area contributed by atoms with Gasteiger partial charge in [0.15, 0.2) is 0 Å². The minimum absolute atomic E-state index is 0.304. The van der Waals surface area contributed by atoms with Crippen molar-refractivity contribution < 1.29 is 47.6 Å². The Hall–Kier alpha value is -6.68. The highest BCUT2D eigenvalue weighted by Gasteiger charge is 2.14. The highest BCUT2D eigenvalue weighted by atomic mass is 16.5. The molecule has 70 heavy (non-hydrogen) atoms. The third-order valence-corrected chi connectivity index (χ3v) is 11.9. The molecule has 5 rings (SSSR count). The van der Waals surface area contributed by atoms with Crippen molar-refractivity contribution in [2.24, 2.45) is 0 Å². The van der Waals surface area contributed by atoms with E-state index in [0.717, 1.165) is 55.4 Å². The number of carbonyl (C=O) groups is 4. The molecule has 10 heteroatoms. The quantitative estimate of drug-likeness (QED) is 0.0170. The Morgan fingerprint density at radius 1 is 0.357 bits per heavy atom. The minimum Gasteiger partial charge on any atom is -0.494 e. The third-order valence-electron chi connectivity index (χ3n) is 11.9. The van der Waals surface area contributed by atoms with Crippen molar-refractivity contribution in [3.8, 4) is 39.9 Å². The second-order valence-electron chi connectivity index (χ2n) is 17.6. The SMILES string of the molecule is C=CC(=O)OCCCCCCCCCCCCOc1ccc(C(=O)Oc2ccc(-c3ccc(OC(=O)c4ccc(OC(=O)c5ccc(OCCCCCCCCCCCC)cc5)cc4)cc3)cc2)cc1. The van der Waals surface area contributed by atoms with Crippen molar-refractivity contribution in [3.05, 3.63) is 151 Å². The molecule has 0 unspecified atom stereocenters. The lowest BCUT2D eigenvalue weighted by Crippen LogP contribution is -2.10. The predicted molar refractivity (Wildman–Crippen MR) is 276 cm³/mol. The lowest BCUT2D eigenvalue weighted by atomic mass is 10.1. The molecule has 5 aromatic carbocycles. The van der Waals surface area contributed by atoms with Crippen molar-refractivity contribution in [1.29, 1.82) is 0 Å². The Balaban J connectivity index is 0.930. The monoisotopic (exact) mass is 953 g/mol. The highest BCUT2D eigenvalue weighted by molar-refractivity contribution is 5.93. The zero-order valence-corrected chi connectivity index (χ0v) is 41.2. The molecule has 5 aromatic rings. The number of hydrogen-bond acceptors (Lipinski definition) is 10. The normalized spacial score (nSPS) is 10.8. The zero-order valence-electron chi connectivity index (χ0n) is 41.2. The summed E-state index contributed by atoms with van der Waals surface area (Å²) in [6, 6.07) is 34.4. The first-order valence-electron chi connectivity index (χ1n) is 25.5. The maximum absolute atomic E-state index is 12.9. The number of esters is 4. The Labute approximate surface area is 415 Å². The number of carbonyl (C=O) groups excluding carboxylic acids is 4. The Morgan fingerprint density at radius 3 is 0.943 bits per heavy atom. The molecule has 0 aliphatic rings. The van der Waals surface area contributed by atoms with E-state index < -0.39 is 17.9 Å². The first-order valence-corrected chi connectivity index (χ1v) is 25.5. The summed E-state index contributed by atoms with van der Waals surface area (Å²) in [5.74, 6) is 0.660. The molecule has 0 radical (unpaired) electrons. The fourth-order valence-corrected chi connectivity index (χ4v) is 7.78. The van der Waals surface area contributed by atoms with E-state index in [9.17, 15) is 19.2 Å². The second-order valence-corrected chi connectivity index (χ2v) is 17.6. The molecule has 0 bridgehead atoms. The Kier molecular flexibility index (Phi) is 25.0. The largest absolute Gasteiger partial charge is 0.494 e. The standard InChI is InChI=1S/C60H72O10/c1-3-5-6-7-8-9-12-15-18-21-44-65-53-36-30-50(31-37-53)59(63)70-56-42-32-51(33-43-56)60(64)69-55-40-26-48(27-41-55)47-24-38-54(39-25-47)68-58(62)49-28-34-52(35-29-49)66-45-22-19-16-13-10-11-14-17-20-23-46-67-57(61)4-2/h4,24-43H,2-3,5-23,44-46H2,1H3. The van der Waals surface area contributed by atoms with Crippen molar-refractivity contribution in [1.82, 2.24) is 0 Å². The van der Waals surface area contributed by atoms with Gasteiger partial charge in [0.05, 0.1) is 36.5 Å². The van der Waals surface area contributed by atoms with Crippen LogP contribution >= 0.6 is 0 Å². The third kappa shape index (κ3) is 20.9. The molecule has 10 nitrogen and oxygen atoms in total. The van der Waals surface area contributed by atoms with Crippen molar-refractivity contribution in [2.75, 3.05) is 19.8 Å². The molecule has 0 amide bonds. The van der Waals surface area contributed by atoms with Crippen LogP contribution in [0.3, 0.4) is 0 Å². The highest BCUT2D eigenvalue weighted by Crippen LogP contribution is 2.27. The molecule has 0 aliphatic carbocycles. The number of unbranched alkanes of at least 4 members (excludes halogenated alkanes) is 18. The summed E-state index contributed by atoms with van der Waals surface area (Å²) in [6.07, 6.45) is 25.2. The van der Waals surface area contributed by atoms with E-state index in [1.165, 1.54) is 96.0 Å². The van der Waals surface area contributed by atoms with E-state index >= 15 is 0 Å². The Morgan fingerprint density at radius 2 is 0.629 bits per heavy atom. The van der Waals surface area contributed by atoms with Gasteiger partial charge in [-0.05, 0) is 127 Å². The van der Waals surface area contributed by atoms with E-state index in [2.05, 4.69) is 13.5 Å². The lowest BCUT2D eigenvalue weighted by Gasteiger charge is -2.09. The number of ether oxygens (including phenoxy) is 6.